The largest absolute Gasteiger partial charge is 0.331 e. The zero-order valence-electron chi connectivity index (χ0n) is 11.6. The lowest BCUT2D eigenvalue weighted by Gasteiger charge is -2.34. The van der Waals surface area contributed by atoms with Crippen molar-refractivity contribution in [2.24, 2.45) is 0 Å². The van der Waals surface area contributed by atoms with E-state index in [1.807, 2.05) is 12.1 Å². The van der Waals surface area contributed by atoms with Gasteiger partial charge in [0.15, 0.2) is 0 Å². The van der Waals surface area contributed by atoms with E-state index in [0.717, 1.165) is 29.3 Å². The highest BCUT2D eigenvalue weighted by Gasteiger charge is 2.29. The Labute approximate surface area is 133 Å². The van der Waals surface area contributed by atoms with Crippen molar-refractivity contribution in [3.8, 4) is 0 Å². The molecule has 1 saturated heterocycles. The highest BCUT2D eigenvalue weighted by Crippen LogP contribution is 2.20. The summed E-state index contributed by atoms with van der Waals surface area (Å²) in [6.07, 6.45) is 4.03. The Balaban J connectivity index is 2.00. The zero-order chi connectivity index (χ0) is 14.5. The van der Waals surface area contributed by atoms with Gasteiger partial charge in [-0.05, 0) is 72.5 Å². The minimum atomic E-state index is -0.536. The number of rotatable bonds is 2. The number of carbonyl (C=O) groups is 2. The van der Waals surface area contributed by atoms with E-state index in [-0.39, 0.29) is 6.04 Å². The minimum absolute atomic E-state index is 0.207. The van der Waals surface area contributed by atoms with Gasteiger partial charge in [-0.15, -0.1) is 0 Å². The summed E-state index contributed by atoms with van der Waals surface area (Å²) < 4.78 is 1.09. The maximum atomic E-state index is 12.3. The van der Waals surface area contributed by atoms with Crippen LogP contribution in [-0.4, -0.2) is 29.3 Å². The Morgan fingerprint density at radius 1 is 1.30 bits per heavy atom. The van der Waals surface area contributed by atoms with E-state index in [4.69, 9.17) is 0 Å². The van der Waals surface area contributed by atoms with Gasteiger partial charge in [-0.1, -0.05) is 6.92 Å². The number of carbonyl (C=O) groups excluding carboxylic acids is 2. The van der Waals surface area contributed by atoms with Crippen molar-refractivity contribution in [3.63, 3.8) is 0 Å². The summed E-state index contributed by atoms with van der Waals surface area (Å²) in [5.74, 6) is -0.943. The number of likely N-dealkylation sites (tertiary alicyclic amines) is 1. The first-order chi connectivity index (χ1) is 9.61. The highest BCUT2D eigenvalue weighted by molar-refractivity contribution is 14.1. The van der Waals surface area contributed by atoms with Gasteiger partial charge in [-0.25, -0.2) is 0 Å². The molecule has 1 fully saturated rings. The molecular formula is C15H19IN2O2. The molecular weight excluding hydrogens is 367 g/mol. The third-order valence-corrected chi connectivity index (χ3v) is 4.37. The minimum Gasteiger partial charge on any atom is -0.331 e. The summed E-state index contributed by atoms with van der Waals surface area (Å²) >= 11 is 2.20. The fourth-order valence-corrected chi connectivity index (χ4v) is 2.90. The fourth-order valence-electron chi connectivity index (χ4n) is 2.54. The summed E-state index contributed by atoms with van der Waals surface area (Å²) in [6.45, 7) is 2.75. The molecule has 20 heavy (non-hydrogen) atoms. The third kappa shape index (κ3) is 3.71. The fraction of sp³-hybridized carbons (Fsp3) is 0.467. The van der Waals surface area contributed by atoms with Crippen molar-refractivity contribution in [3.05, 3.63) is 27.8 Å². The molecule has 1 aromatic carbocycles. The van der Waals surface area contributed by atoms with E-state index in [2.05, 4.69) is 34.8 Å². The van der Waals surface area contributed by atoms with Gasteiger partial charge in [-0.2, -0.15) is 0 Å². The third-order valence-electron chi connectivity index (χ3n) is 3.66. The lowest BCUT2D eigenvalue weighted by molar-refractivity contribution is -0.145. The van der Waals surface area contributed by atoms with Crippen LogP contribution in [0, 0.1) is 3.57 Å². The molecule has 5 heteroatoms. The van der Waals surface area contributed by atoms with E-state index in [9.17, 15) is 9.59 Å². The Bertz CT molecular complexity index is 487. The van der Waals surface area contributed by atoms with Crippen molar-refractivity contribution < 1.29 is 9.59 Å². The average Bonchev–Trinajstić information content (AvgIpc) is 2.48. The number of piperidine rings is 1. The second-order valence-electron chi connectivity index (χ2n) is 5.02. The van der Waals surface area contributed by atoms with Crippen molar-refractivity contribution >= 4 is 40.1 Å². The molecule has 0 saturated carbocycles. The summed E-state index contributed by atoms with van der Waals surface area (Å²) in [7, 11) is 0. The van der Waals surface area contributed by atoms with Gasteiger partial charge in [0.1, 0.15) is 0 Å². The molecule has 2 rings (SSSR count). The summed E-state index contributed by atoms with van der Waals surface area (Å²) in [6, 6.07) is 7.62. The van der Waals surface area contributed by atoms with Gasteiger partial charge in [0.2, 0.25) is 0 Å². The number of benzene rings is 1. The summed E-state index contributed by atoms with van der Waals surface area (Å²) in [4.78, 5) is 26.0. The molecule has 1 atom stereocenters. The molecule has 108 valence electrons. The Morgan fingerprint density at radius 3 is 2.65 bits per heavy atom. The number of hydrogen-bond donors (Lipinski definition) is 1. The summed E-state index contributed by atoms with van der Waals surface area (Å²) in [5.41, 5.74) is 0.661. The lowest BCUT2D eigenvalue weighted by Crippen LogP contribution is -2.48. The van der Waals surface area contributed by atoms with Crippen LogP contribution >= 0.6 is 22.6 Å². The number of halogens is 1. The number of anilines is 1. The van der Waals surface area contributed by atoms with Crippen molar-refractivity contribution in [2.45, 2.75) is 38.6 Å². The SMILES string of the molecule is CCC1CCCCN1C(=O)C(=O)Nc1ccc(I)cc1. The van der Waals surface area contributed by atoms with Gasteiger partial charge >= 0.3 is 11.8 Å². The highest BCUT2D eigenvalue weighted by atomic mass is 127. The van der Waals surface area contributed by atoms with Gasteiger partial charge < -0.3 is 10.2 Å². The molecule has 1 unspecified atom stereocenters. The van der Waals surface area contributed by atoms with Gasteiger partial charge in [0, 0.05) is 21.8 Å². The molecule has 1 N–H and O–H groups in total. The predicted octanol–water partition coefficient (Wildman–Crippen LogP) is 3.02. The quantitative estimate of drug-likeness (QED) is 0.628. The molecule has 0 spiro atoms. The molecule has 1 heterocycles. The summed E-state index contributed by atoms with van der Waals surface area (Å²) in [5, 5.41) is 2.68. The van der Waals surface area contributed by atoms with Crippen LogP contribution < -0.4 is 5.32 Å². The lowest BCUT2D eigenvalue weighted by atomic mass is 10.00. The van der Waals surface area contributed by atoms with Crippen LogP contribution in [0.1, 0.15) is 32.6 Å². The molecule has 1 aliphatic rings. The number of nitrogens with one attached hydrogen (secondary N) is 1. The topological polar surface area (TPSA) is 49.4 Å². The van der Waals surface area contributed by atoms with Gasteiger partial charge in [0.05, 0.1) is 0 Å². The van der Waals surface area contributed by atoms with Crippen LogP contribution in [0.25, 0.3) is 0 Å². The van der Waals surface area contributed by atoms with E-state index >= 15 is 0 Å². The zero-order valence-corrected chi connectivity index (χ0v) is 13.7. The van der Waals surface area contributed by atoms with Crippen LogP contribution in [0.3, 0.4) is 0 Å². The molecule has 1 aromatic rings. The predicted molar refractivity (Wildman–Crippen MR) is 87.4 cm³/mol. The Morgan fingerprint density at radius 2 is 2.00 bits per heavy atom. The molecule has 0 bridgehead atoms. The Hall–Kier alpha value is -1.11. The van der Waals surface area contributed by atoms with Crippen molar-refractivity contribution in [1.82, 2.24) is 4.90 Å². The van der Waals surface area contributed by atoms with E-state index in [1.54, 1.807) is 17.0 Å². The smallest absolute Gasteiger partial charge is 0.313 e. The molecule has 0 radical (unpaired) electrons. The maximum Gasteiger partial charge on any atom is 0.313 e. The van der Waals surface area contributed by atoms with Crippen molar-refractivity contribution in [1.29, 1.82) is 0 Å². The second kappa shape index (κ2) is 7.06. The van der Waals surface area contributed by atoms with E-state index < -0.39 is 11.8 Å². The molecule has 0 aliphatic carbocycles. The van der Waals surface area contributed by atoms with Crippen LogP contribution in [0.5, 0.6) is 0 Å². The first kappa shape index (κ1) is 15.3. The number of amides is 2. The first-order valence-corrected chi connectivity index (χ1v) is 8.07. The molecule has 4 nitrogen and oxygen atoms in total. The number of hydrogen-bond acceptors (Lipinski definition) is 2. The maximum absolute atomic E-state index is 12.3. The monoisotopic (exact) mass is 386 g/mol. The molecule has 2 amide bonds. The van der Waals surface area contributed by atoms with Crippen LogP contribution in [-0.2, 0) is 9.59 Å². The standard InChI is InChI=1S/C15H19IN2O2/c1-2-13-5-3-4-10-18(13)15(20)14(19)17-12-8-6-11(16)7-9-12/h6-9,13H,2-5,10H2,1H3,(H,17,19). The van der Waals surface area contributed by atoms with Crippen LogP contribution in [0.2, 0.25) is 0 Å². The van der Waals surface area contributed by atoms with E-state index in [0.29, 0.717) is 12.2 Å². The molecule has 1 aliphatic heterocycles. The normalized spacial score (nSPS) is 18.7. The van der Waals surface area contributed by atoms with Crippen LogP contribution in [0.15, 0.2) is 24.3 Å². The second-order valence-corrected chi connectivity index (χ2v) is 6.26. The Kier molecular flexibility index (Phi) is 5.39. The first-order valence-electron chi connectivity index (χ1n) is 6.99. The van der Waals surface area contributed by atoms with Gasteiger partial charge in [0.25, 0.3) is 0 Å². The van der Waals surface area contributed by atoms with Crippen molar-refractivity contribution in [2.75, 3.05) is 11.9 Å². The average molecular weight is 386 g/mol. The number of nitrogens with zero attached hydrogens (tertiary/aromatic N) is 1. The van der Waals surface area contributed by atoms with E-state index in [1.165, 1.54) is 0 Å². The molecule has 0 aromatic heterocycles. The van der Waals surface area contributed by atoms with Crippen LogP contribution in [0.4, 0.5) is 5.69 Å². The van der Waals surface area contributed by atoms with Gasteiger partial charge in [-0.3, -0.25) is 9.59 Å².